The zero-order valence-corrected chi connectivity index (χ0v) is 19.1. The fourth-order valence-corrected chi connectivity index (χ4v) is 5.11. The first-order valence-electron chi connectivity index (χ1n) is 10.8. The molecule has 2 fully saturated rings. The Hall–Kier alpha value is -1.86. The lowest BCUT2D eigenvalue weighted by Gasteiger charge is -2.48. The zero-order chi connectivity index (χ0) is 24.0. The molecule has 14 heteroatoms. The fourth-order valence-electron chi connectivity index (χ4n) is 4.77. The second-order valence-electron chi connectivity index (χ2n) is 9.09. The van der Waals surface area contributed by atoms with Crippen LogP contribution in [0.2, 0.25) is 0 Å². The summed E-state index contributed by atoms with van der Waals surface area (Å²) >= 11 is 0. The van der Waals surface area contributed by atoms with Crippen LogP contribution >= 0.6 is 7.82 Å². The van der Waals surface area contributed by atoms with E-state index in [2.05, 4.69) is 14.4 Å². The highest BCUT2D eigenvalue weighted by Crippen LogP contribution is 2.39. The number of allylic oxidation sites excluding steroid dienone is 1. The molecule has 0 aliphatic carbocycles. The van der Waals surface area contributed by atoms with Gasteiger partial charge in [0.1, 0.15) is 29.8 Å². The van der Waals surface area contributed by atoms with Crippen molar-refractivity contribution in [2.24, 2.45) is 21.6 Å². The standard InChI is InChI=1S/C19H30N5O8P/c1-19-5-2-6-23-7-11(17(23)21-9-19)3-4-12(16(20)27)22-10-24(19)18-15(26)14(25)13(32-18)8-31-33(28,29)30/h4,10-11,13-15,18,25-26H,2-3,5-9H2,1H3,(H2,20,27)(H2,28,29,30)/b12-4+,21-17?,22-10?. The van der Waals surface area contributed by atoms with Crippen LogP contribution in [0.3, 0.4) is 0 Å². The summed E-state index contributed by atoms with van der Waals surface area (Å²) in [5.74, 6) is 0.439. The molecule has 4 heterocycles. The third-order valence-corrected chi connectivity index (χ3v) is 7.15. The summed E-state index contributed by atoms with van der Waals surface area (Å²) < 4.78 is 21.4. The molecule has 6 N–H and O–H groups in total. The summed E-state index contributed by atoms with van der Waals surface area (Å²) in [5.41, 5.74) is 4.89. The Balaban J connectivity index is 1.67. The van der Waals surface area contributed by atoms with Gasteiger partial charge in [0.15, 0.2) is 6.23 Å². The number of amides is 1. The van der Waals surface area contributed by atoms with E-state index < -0.39 is 50.4 Å². The number of phosphoric acid groups is 1. The van der Waals surface area contributed by atoms with Crippen LogP contribution in [0, 0.1) is 5.92 Å². The largest absolute Gasteiger partial charge is 0.469 e. The number of amidine groups is 1. The molecule has 1 amide bonds. The average Bonchev–Trinajstić information content (AvgIpc) is 2.98. The molecule has 0 aromatic rings. The zero-order valence-electron chi connectivity index (χ0n) is 18.2. The van der Waals surface area contributed by atoms with Gasteiger partial charge < -0.3 is 40.3 Å². The number of fused-ring (bicyclic) bond motifs is 2. The lowest BCUT2D eigenvalue weighted by atomic mass is 9.88. The lowest BCUT2D eigenvalue weighted by Crippen LogP contribution is -2.59. The summed E-state index contributed by atoms with van der Waals surface area (Å²) in [5, 5.41) is 21.2. The van der Waals surface area contributed by atoms with Crippen molar-refractivity contribution in [1.29, 1.82) is 0 Å². The number of ether oxygens (including phenoxy) is 1. The van der Waals surface area contributed by atoms with E-state index in [1.54, 1.807) is 11.0 Å². The number of phosphoric ester groups is 1. The minimum absolute atomic E-state index is 0.0655. The molecule has 4 rings (SSSR count). The maximum atomic E-state index is 12.0. The molecule has 0 saturated carbocycles. The van der Waals surface area contributed by atoms with Crippen molar-refractivity contribution in [1.82, 2.24) is 9.80 Å². The van der Waals surface area contributed by atoms with Crippen molar-refractivity contribution >= 4 is 25.9 Å². The molecule has 0 aromatic carbocycles. The number of hydrogen-bond donors (Lipinski definition) is 5. The smallest absolute Gasteiger partial charge is 0.387 e. The molecule has 33 heavy (non-hydrogen) atoms. The first-order chi connectivity index (χ1) is 15.5. The molecule has 4 aliphatic heterocycles. The number of aliphatic hydroxyl groups is 2. The van der Waals surface area contributed by atoms with Crippen LogP contribution < -0.4 is 5.73 Å². The maximum Gasteiger partial charge on any atom is 0.469 e. The first kappa shape index (κ1) is 24.3. The number of carbonyl (C=O) groups is 1. The Morgan fingerprint density at radius 3 is 2.85 bits per heavy atom. The van der Waals surface area contributed by atoms with Crippen molar-refractivity contribution < 1.29 is 38.6 Å². The molecule has 184 valence electrons. The summed E-state index contributed by atoms with van der Waals surface area (Å²) in [6, 6.07) is 0. The van der Waals surface area contributed by atoms with Gasteiger partial charge >= 0.3 is 7.82 Å². The number of carbonyl (C=O) groups excluding carboxylic acids is 1. The molecular weight excluding hydrogens is 457 g/mol. The summed E-state index contributed by atoms with van der Waals surface area (Å²) in [7, 11) is -4.79. The van der Waals surface area contributed by atoms with Crippen LogP contribution in [-0.2, 0) is 18.6 Å². The van der Waals surface area contributed by atoms with Crippen LogP contribution in [0.5, 0.6) is 0 Å². The third kappa shape index (κ3) is 4.99. The first-order valence-corrected chi connectivity index (χ1v) is 12.3. The second kappa shape index (κ2) is 9.06. The monoisotopic (exact) mass is 487 g/mol. The second-order valence-corrected chi connectivity index (χ2v) is 10.3. The molecular formula is C19H30N5O8P. The average molecular weight is 487 g/mol. The van der Waals surface area contributed by atoms with Crippen LogP contribution in [0.25, 0.3) is 0 Å². The van der Waals surface area contributed by atoms with Crippen molar-refractivity contribution in [3.05, 3.63) is 11.8 Å². The number of aliphatic imine (C=N–C) groups is 2. The molecule has 2 bridgehead atoms. The molecule has 0 spiro atoms. The Kier molecular flexibility index (Phi) is 6.67. The number of nitrogens with two attached hydrogens (primary N) is 1. The normalized spacial score (nSPS) is 38.5. The number of aliphatic hydroxyl groups excluding tert-OH is 2. The van der Waals surface area contributed by atoms with Crippen molar-refractivity contribution in [2.45, 2.75) is 56.3 Å². The highest BCUT2D eigenvalue weighted by Gasteiger charge is 2.50. The van der Waals surface area contributed by atoms with Crippen molar-refractivity contribution in [2.75, 3.05) is 26.2 Å². The van der Waals surface area contributed by atoms with E-state index >= 15 is 0 Å². The van der Waals surface area contributed by atoms with Gasteiger partial charge in [-0.3, -0.25) is 14.3 Å². The van der Waals surface area contributed by atoms with Crippen LogP contribution in [0.15, 0.2) is 21.8 Å². The van der Waals surface area contributed by atoms with Gasteiger partial charge in [-0.25, -0.2) is 9.56 Å². The Bertz CT molecular complexity index is 922. The van der Waals surface area contributed by atoms with Gasteiger partial charge in [-0.2, -0.15) is 0 Å². The third-order valence-electron chi connectivity index (χ3n) is 6.67. The van der Waals surface area contributed by atoms with Gasteiger partial charge in [0.2, 0.25) is 0 Å². The molecule has 0 radical (unpaired) electrons. The van der Waals surface area contributed by atoms with Crippen LogP contribution in [0.4, 0.5) is 0 Å². The maximum absolute atomic E-state index is 12.0. The van der Waals surface area contributed by atoms with Gasteiger partial charge in [-0.05, 0) is 26.2 Å². The van der Waals surface area contributed by atoms with E-state index in [0.717, 1.165) is 25.3 Å². The number of rotatable bonds is 5. The number of nitrogens with zero attached hydrogens (tertiary/aromatic N) is 4. The predicted octanol–water partition coefficient (Wildman–Crippen LogP) is -1.47. The Labute approximate surface area is 190 Å². The molecule has 6 unspecified atom stereocenters. The molecule has 2 saturated heterocycles. The van der Waals surface area contributed by atoms with Gasteiger partial charge in [0, 0.05) is 19.0 Å². The minimum atomic E-state index is -4.79. The Morgan fingerprint density at radius 1 is 1.39 bits per heavy atom. The molecule has 4 aliphatic rings. The van der Waals surface area contributed by atoms with Gasteiger partial charge in [0.25, 0.3) is 5.91 Å². The van der Waals surface area contributed by atoms with E-state index in [9.17, 15) is 19.6 Å². The fraction of sp³-hybridized carbons (Fsp3) is 0.737. The molecule has 13 nitrogen and oxygen atoms in total. The number of primary amides is 1. The van der Waals surface area contributed by atoms with E-state index in [1.807, 2.05) is 6.92 Å². The highest BCUT2D eigenvalue weighted by atomic mass is 31.2. The quantitative estimate of drug-likeness (QED) is 0.286. The van der Waals surface area contributed by atoms with E-state index in [-0.39, 0.29) is 11.6 Å². The summed E-state index contributed by atoms with van der Waals surface area (Å²) in [6.45, 7) is 3.34. The summed E-state index contributed by atoms with van der Waals surface area (Å²) in [6.07, 6.45) is -0.108. The van der Waals surface area contributed by atoms with E-state index in [1.165, 1.54) is 6.34 Å². The van der Waals surface area contributed by atoms with Gasteiger partial charge in [0.05, 0.1) is 25.0 Å². The summed E-state index contributed by atoms with van der Waals surface area (Å²) in [4.78, 5) is 42.9. The SMILES string of the molecule is CC12CCCN3CC(C/C=C(\C(N)=O)N=CN1C1OC(COP(=O)(O)O)C(O)C1O)C3=NC2. The molecule has 6 atom stereocenters. The van der Waals surface area contributed by atoms with Crippen LogP contribution in [-0.4, -0.2) is 104 Å². The minimum Gasteiger partial charge on any atom is -0.387 e. The van der Waals surface area contributed by atoms with E-state index in [0.29, 0.717) is 19.4 Å². The Morgan fingerprint density at radius 2 is 2.15 bits per heavy atom. The molecule has 0 aromatic heterocycles. The lowest BCUT2D eigenvalue weighted by molar-refractivity contribution is -0.114. The van der Waals surface area contributed by atoms with E-state index in [4.69, 9.17) is 25.2 Å². The van der Waals surface area contributed by atoms with Crippen molar-refractivity contribution in [3.63, 3.8) is 0 Å². The van der Waals surface area contributed by atoms with Crippen molar-refractivity contribution in [3.8, 4) is 0 Å². The van der Waals surface area contributed by atoms with Gasteiger partial charge in [-0.1, -0.05) is 6.08 Å². The topological polar surface area (TPSA) is 191 Å². The number of hydrogen-bond acceptors (Lipinski definition) is 10. The predicted molar refractivity (Wildman–Crippen MR) is 116 cm³/mol. The highest BCUT2D eigenvalue weighted by molar-refractivity contribution is 7.46. The van der Waals surface area contributed by atoms with Crippen LogP contribution in [0.1, 0.15) is 26.2 Å². The van der Waals surface area contributed by atoms with Gasteiger partial charge in [-0.15, -0.1) is 0 Å².